The summed E-state index contributed by atoms with van der Waals surface area (Å²) in [4.78, 5) is 34.9. The number of hydrogen-bond acceptors (Lipinski definition) is 6. The highest BCUT2D eigenvalue weighted by Crippen LogP contribution is 2.39. The summed E-state index contributed by atoms with van der Waals surface area (Å²) in [6.07, 6.45) is 3.02. The minimum Gasteiger partial charge on any atom is -0.467 e. The number of imidazole rings is 1. The van der Waals surface area contributed by atoms with Gasteiger partial charge in [0.25, 0.3) is 0 Å². The first-order valence-corrected chi connectivity index (χ1v) is 10.1. The van der Waals surface area contributed by atoms with Crippen LogP contribution in [0.5, 0.6) is 11.5 Å². The zero-order chi connectivity index (χ0) is 21.3. The van der Waals surface area contributed by atoms with Crippen LogP contribution in [0.4, 0.5) is 4.79 Å². The molecule has 1 aromatic heterocycles. The number of rotatable bonds is 5. The van der Waals surface area contributed by atoms with E-state index in [1.165, 1.54) is 7.11 Å². The largest absolute Gasteiger partial charge is 0.467 e. The fraction of sp³-hybridized carbons (Fsp3) is 0.476. The summed E-state index contributed by atoms with van der Waals surface area (Å²) in [6, 6.07) is 4.17. The van der Waals surface area contributed by atoms with Crippen LogP contribution in [0.15, 0.2) is 24.5 Å². The molecule has 0 spiro atoms. The molecule has 0 unspecified atom stereocenters. The molecule has 9 heteroatoms. The van der Waals surface area contributed by atoms with Crippen LogP contribution in [0.25, 0.3) is 0 Å². The summed E-state index contributed by atoms with van der Waals surface area (Å²) in [6.45, 7) is 4.55. The highest BCUT2D eigenvalue weighted by atomic mass is 16.7. The van der Waals surface area contributed by atoms with E-state index in [2.05, 4.69) is 15.3 Å². The number of fused-ring (bicyclic) bond motifs is 2. The van der Waals surface area contributed by atoms with Gasteiger partial charge in [0, 0.05) is 18.7 Å². The Bertz CT molecular complexity index is 943. The number of benzene rings is 1. The molecule has 3 atom stereocenters. The third-order valence-electron chi connectivity index (χ3n) is 5.85. The maximum Gasteiger partial charge on any atom is 0.328 e. The van der Waals surface area contributed by atoms with Crippen molar-refractivity contribution in [1.82, 2.24) is 20.2 Å². The number of ether oxygens (including phenoxy) is 3. The van der Waals surface area contributed by atoms with Crippen LogP contribution < -0.4 is 14.8 Å². The molecule has 0 saturated carbocycles. The van der Waals surface area contributed by atoms with E-state index in [1.54, 1.807) is 11.2 Å². The van der Waals surface area contributed by atoms with E-state index in [0.29, 0.717) is 24.5 Å². The van der Waals surface area contributed by atoms with E-state index < -0.39 is 18.1 Å². The van der Waals surface area contributed by atoms with Gasteiger partial charge in [0.05, 0.1) is 19.1 Å². The van der Waals surface area contributed by atoms with E-state index in [9.17, 15) is 9.59 Å². The Morgan fingerprint density at radius 2 is 2.17 bits per heavy atom. The van der Waals surface area contributed by atoms with Crippen LogP contribution in [0.2, 0.25) is 0 Å². The van der Waals surface area contributed by atoms with Crippen molar-refractivity contribution in [1.29, 1.82) is 0 Å². The van der Waals surface area contributed by atoms with Crippen LogP contribution in [0.1, 0.15) is 43.3 Å². The third kappa shape index (κ3) is 3.55. The van der Waals surface area contributed by atoms with Gasteiger partial charge in [-0.2, -0.15) is 0 Å². The molecule has 0 bridgehead atoms. The number of amides is 2. The number of H-pyrrole nitrogens is 1. The Morgan fingerprint density at radius 3 is 2.93 bits per heavy atom. The zero-order valence-electron chi connectivity index (χ0n) is 17.3. The van der Waals surface area contributed by atoms with E-state index in [-0.39, 0.29) is 18.7 Å². The number of hydrogen-bond donors (Lipinski definition) is 2. The predicted octanol–water partition coefficient (Wildman–Crippen LogP) is 2.38. The Hall–Kier alpha value is -3.23. The molecule has 1 aromatic carbocycles. The van der Waals surface area contributed by atoms with Crippen molar-refractivity contribution < 1.29 is 23.8 Å². The Balaban J connectivity index is 1.66. The molecular formula is C21H26N4O5. The van der Waals surface area contributed by atoms with Crippen molar-refractivity contribution in [3.8, 4) is 11.5 Å². The lowest BCUT2D eigenvalue weighted by Crippen LogP contribution is -2.53. The summed E-state index contributed by atoms with van der Waals surface area (Å²) in [7, 11) is 1.33. The molecule has 3 heterocycles. The van der Waals surface area contributed by atoms with Crippen LogP contribution >= 0.6 is 0 Å². The number of urea groups is 1. The highest BCUT2D eigenvalue weighted by Gasteiger charge is 2.37. The topological polar surface area (TPSA) is 106 Å². The molecule has 9 nitrogen and oxygen atoms in total. The first-order valence-electron chi connectivity index (χ1n) is 10.1. The van der Waals surface area contributed by atoms with Gasteiger partial charge in [-0.3, -0.25) is 0 Å². The number of carbonyl (C=O) groups excluding carboxylic acids is 2. The summed E-state index contributed by atoms with van der Waals surface area (Å²) in [5.41, 5.74) is 2.64. The Labute approximate surface area is 174 Å². The molecule has 2 N–H and O–H groups in total. The number of nitrogens with one attached hydrogen (secondary N) is 2. The summed E-state index contributed by atoms with van der Waals surface area (Å²) >= 11 is 0. The molecule has 0 saturated heterocycles. The highest BCUT2D eigenvalue weighted by molar-refractivity contribution is 5.84. The first-order chi connectivity index (χ1) is 14.5. The van der Waals surface area contributed by atoms with Gasteiger partial charge in [-0.1, -0.05) is 26.3 Å². The number of carbonyl (C=O) groups is 2. The van der Waals surface area contributed by atoms with E-state index in [0.717, 1.165) is 23.4 Å². The zero-order valence-corrected chi connectivity index (χ0v) is 17.3. The third-order valence-corrected chi connectivity index (χ3v) is 5.85. The minimum atomic E-state index is -0.717. The van der Waals surface area contributed by atoms with Crippen molar-refractivity contribution in [3.05, 3.63) is 41.5 Å². The number of aromatic amines is 1. The molecule has 0 fully saturated rings. The number of methoxy groups -OCH3 is 1. The summed E-state index contributed by atoms with van der Waals surface area (Å²) in [5, 5.41) is 2.88. The summed E-state index contributed by atoms with van der Waals surface area (Å²) in [5.74, 6) is 0.809. The predicted molar refractivity (Wildman–Crippen MR) is 107 cm³/mol. The lowest BCUT2D eigenvalue weighted by molar-refractivity contribution is -0.144. The van der Waals surface area contributed by atoms with Crippen molar-refractivity contribution >= 4 is 12.0 Å². The van der Waals surface area contributed by atoms with Gasteiger partial charge in [-0.05, 0) is 23.6 Å². The van der Waals surface area contributed by atoms with Crippen LogP contribution in [0, 0.1) is 5.92 Å². The van der Waals surface area contributed by atoms with E-state index >= 15 is 0 Å². The Morgan fingerprint density at radius 1 is 1.37 bits per heavy atom. The van der Waals surface area contributed by atoms with Gasteiger partial charge in [0.15, 0.2) is 11.5 Å². The number of aromatic nitrogens is 2. The second-order valence-corrected chi connectivity index (χ2v) is 7.56. The first kappa shape index (κ1) is 20.1. The molecule has 0 radical (unpaired) electrons. The lowest BCUT2D eigenvalue weighted by Gasteiger charge is -2.36. The lowest BCUT2D eigenvalue weighted by atomic mass is 9.95. The molecule has 2 aromatic rings. The van der Waals surface area contributed by atoms with Gasteiger partial charge in [-0.15, -0.1) is 0 Å². The fourth-order valence-corrected chi connectivity index (χ4v) is 3.93. The van der Waals surface area contributed by atoms with Gasteiger partial charge in [-0.25, -0.2) is 14.6 Å². The Kier molecular flexibility index (Phi) is 5.52. The molecule has 160 valence electrons. The SMILES string of the molecule is CC[C@@H](C)[C@H](NC(=O)N1CCc2[nH]cnc2[C@@H]1c1ccc2c(c1)OCO2)C(=O)OC. The quantitative estimate of drug-likeness (QED) is 0.728. The standard InChI is InChI=1S/C21H26N4O5/c1-4-12(2)17(20(26)28-3)24-21(27)25-8-7-14-18(23-10-22-14)19(25)13-5-6-15-16(9-13)30-11-29-15/h5-6,9-10,12,17,19H,4,7-8,11H2,1-3H3,(H,22,23)(H,24,27)/t12-,17+,19+/m1/s1. The molecule has 2 amide bonds. The second-order valence-electron chi connectivity index (χ2n) is 7.56. The van der Waals surface area contributed by atoms with E-state index in [1.807, 2.05) is 32.0 Å². The van der Waals surface area contributed by atoms with Crippen LogP contribution in [-0.2, 0) is 16.0 Å². The van der Waals surface area contributed by atoms with E-state index in [4.69, 9.17) is 14.2 Å². The molecule has 2 aliphatic rings. The fourth-order valence-electron chi connectivity index (χ4n) is 3.93. The summed E-state index contributed by atoms with van der Waals surface area (Å²) < 4.78 is 15.8. The molecule has 4 rings (SSSR count). The number of nitrogens with zero attached hydrogens (tertiary/aromatic N) is 2. The minimum absolute atomic E-state index is 0.0591. The van der Waals surface area contributed by atoms with Crippen molar-refractivity contribution in [2.24, 2.45) is 5.92 Å². The van der Waals surface area contributed by atoms with Gasteiger partial charge < -0.3 is 29.4 Å². The van der Waals surface area contributed by atoms with Crippen molar-refractivity contribution in [3.63, 3.8) is 0 Å². The molecule has 2 aliphatic heterocycles. The molecular weight excluding hydrogens is 388 g/mol. The van der Waals surface area contributed by atoms with Crippen molar-refractivity contribution in [2.45, 2.75) is 38.8 Å². The average Bonchev–Trinajstić information content (AvgIpc) is 3.44. The molecule has 0 aliphatic carbocycles. The maximum atomic E-state index is 13.3. The van der Waals surface area contributed by atoms with Gasteiger partial charge in [0.1, 0.15) is 12.1 Å². The van der Waals surface area contributed by atoms with Crippen LogP contribution in [0.3, 0.4) is 0 Å². The average molecular weight is 414 g/mol. The van der Waals surface area contributed by atoms with Crippen molar-refractivity contribution in [2.75, 3.05) is 20.4 Å². The van der Waals surface area contributed by atoms with Crippen LogP contribution in [-0.4, -0.2) is 53.4 Å². The van der Waals surface area contributed by atoms with Gasteiger partial charge >= 0.3 is 12.0 Å². The van der Waals surface area contributed by atoms with Gasteiger partial charge in [0.2, 0.25) is 6.79 Å². The molecule has 30 heavy (non-hydrogen) atoms. The second kappa shape index (κ2) is 8.25. The normalized spacial score (nSPS) is 19.0. The monoisotopic (exact) mass is 414 g/mol. The number of esters is 1. The smallest absolute Gasteiger partial charge is 0.328 e. The maximum absolute atomic E-state index is 13.3.